The Morgan fingerprint density at radius 2 is 0.787 bits per heavy atom. The van der Waals surface area contributed by atoms with Crippen molar-refractivity contribution in [3.63, 3.8) is 0 Å². The van der Waals surface area contributed by atoms with Gasteiger partial charge in [0, 0.05) is 99.4 Å². The Labute approximate surface area is 831 Å². The molecule has 0 amide bonds. The standard InChI is InChI=1S/C24H30O5.C24H32O5.2C24H30O4.C24H30O3/c1-15(2)19-9-5-16(3)24(4,20(19)10-11-22(25)26)14-28-18-8-6-17-7-12-23(27)29-21(17)13-18;1-17(8-12-22(25)24(3,4)27)6-5-7-18(2)14-15-28-20-11-9-19-10-13-23(26)29-21(19)16-20;1-16(5-9-20-23(2,3)21-11-13-24(20,4)28-21)12-14-26-18-8-6-17-7-10-22(25)27-19(17)15-18;1-16(5-10-20-17(2)6-11-22(25)24(20,3)4)13-14-27-19-9-7-18-8-12-23(26)28-21(18)15-19;1-18(2)7-5-8-19(3)9-6-10-20(4)15-16-26-22-13-11-21-12-14-24(25)27-23(21)17-22/h6-8,12-13,16,20H,5,9-11,14H2,1-4H3,(H,25,26);6,9-11,13-14,16,22,25,27H,5,7-8,12,15H2,1-4H3;6-8,10,12,15,20-21H,5,9,11,13-14H2,1-4H3;7-9,12-13,15,20,22,25H,2,5-6,10-11,14H2,1,3-4H3;7,9,11-15,17H,5-6,8,10,16H2,1-4H3/b;17-6+,18-14+;16-12+;16-13+;19-9+,20-15+. The Balaban J connectivity index is 0.000000181. The fourth-order valence-electron chi connectivity index (χ4n) is 19.5. The lowest BCUT2D eigenvalue weighted by molar-refractivity contribution is -0.137. The van der Waals surface area contributed by atoms with E-state index < -0.39 is 17.7 Å². The van der Waals surface area contributed by atoms with Crippen LogP contribution in [0.5, 0.6) is 28.7 Å². The molecule has 0 spiro atoms. The largest absolute Gasteiger partial charge is 0.493 e. The molecule has 2 bridgehead atoms. The highest BCUT2D eigenvalue weighted by atomic mass is 16.5. The van der Waals surface area contributed by atoms with Crippen LogP contribution in [0.4, 0.5) is 0 Å². The first-order valence-corrected chi connectivity index (χ1v) is 50.1. The Bertz CT molecular complexity index is 6480. The molecule has 2 aliphatic carbocycles. The molecule has 758 valence electrons. The maximum absolute atomic E-state index is 11.5. The molecule has 21 heteroatoms. The third kappa shape index (κ3) is 33.4. The summed E-state index contributed by atoms with van der Waals surface area (Å²) < 4.78 is 61.7. The van der Waals surface area contributed by atoms with E-state index in [1.54, 1.807) is 74.5 Å². The van der Waals surface area contributed by atoms with E-state index in [0.29, 0.717) is 126 Å². The molecule has 4 N–H and O–H groups in total. The first-order chi connectivity index (χ1) is 66.8. The number of aliphatic hydroxyl groups excluding tert-OH is 2. The molecule has 5 aromatic heterocycles. The molecule has 141 heavy (non-hydrogen) atoms. The van der Waals surface area contributed by atoms with Gasteiger partial charge < -0.3 is 70.9 Å². The molecule has 14 rings (SSSR count). The fraction of sp³-hybridized carbons (Fsp3) is 0.467. The number of fused-ring (bicyclic) bond motifs is 7. The molecule has 9 atom stereocenters. The summed E-state index contributed by atoms with van der Waals surface area (Å²) in [7, 11) is 0. The van der Waals surface area contributed by atoms with Gasteiger partial charge in [0.1, 0.15) is 83.1 Å². The van der Waals surface area contributed by atoms with E-state index in [-0.39, 0.29) is 68.4 Å². The molecule has 9 unspecified atom stereocenters. The number of hydrogen-bond acceptors (Lipinski definition) is 20. The summed E-state index contributed by atoms with van der Waals surface area (Å²) >= 11 is 0. The van der Waals surface area contributed by atoms with Gasteiger partial charge in [0.15, 0.2) is 0 Å². The number of carboxylic acids is 1. The highest BCUT2D eigenvalue weighted by Crippen LogP contribution is 2.59. The number of benzene rings is 5. The van der Waals surface area contributed by atoms with Crippen molar-refractivity contribution in [3.05, 3.63) is 309 Å². The molecular weight excluding hydrogens is 1780 g/mol. The van der Waals surface area contributed by atoms with E-state index in [1.165, 1.54) is 98.9 Å². The first kappa shape index (κ1) is 111. The molecule has 2 saturated carbocycles. The lowest BCUT2D eigenvalue weighted by Gasteiger charge is -2.48. The summed E-state index contributed by atoms with van der Waals surface area (Å²) in [4.78, 5) is 68.1. The van der Waals surface area contributed by atoms with E-state index in [2.05, 4.69) is 161 Å². The lowest BCUT2D eigenvalue weighted by atomic mass is 9.58. The van der Waals surface area contributed by atoms with Crippen LogP contribution < -0.4 is 51.8 Å². The van der Waals surface area contributed by atoms with Crippen LogP contribution >= 0.6 is 0 Å². The van der Waals surface area contributed by atoms with E-state index in [1.807, 2.05) is 66.7 Å². The molecule has 5 aromatic carbocycles. The molecule has 2 saturated heterocycles. The molecular formula is C120H152O21. The molecule has 2 aliphatic heterocycles. The minimum Gasteiger partial charge on any atom is -0.493 e. The van der Waals surface area contributed by atoms with Gasteiger partial charge in [0.05, 0.1) is 36.1 Å². The van der Waals surface area contributed by atoms with Crippen molar-refractivity contribution in [1.29, 1.82) is 0 Å². The minimum absolute atomic E-state index is 0.0555. The highest BCUT2D eigenvalue weighted by Gasteiger charge is 2.60. The van der Waals surface area contributed by atoms with Crippen LogP contribution in [-0.4, -0.2) is 88.9 Å². The molecule has 21 nitrogen and oxygen atoms in total. The van der Waals surface area contributed by atoms with E-state index in [4.69, 9.17) is 50.5 Å². The van der Waals surface area contributed by atoms with Crippen LogP contribution in [0.3, 0.4) is 0 Å². The Morgan fingerprint density at radius 3 is 1.15 bits per heavy atom. The van der Waals surface area contributed by atoms with Crippen molar-refractivity contribution in [3.8, 4) is 28.7 Å². The Morgan fingerprint density at radius 1 is 0.440 bits per heavy atom. The number of allylic oxidation sites excluding steroid dienone is 13. The first-order valence-electron chi connectivity index (χ1n) is 50.1. The summed E-state index contributed by atoms with van der Waals surface area (Å²) in [5.74, 6) is 4.17. The number of carboxylic acid groups (broad SMARTS) is 1. The number of rotatable bonds is 37. The van der Waals surface area contributed by atoms with E-state index in [9.17, 15) is 49.2 Å². The highest BCUT2D eigenvalue weighted by molar-refractivity contribution is 5.81. The average molecular weight is 1930 g/mol. The van der Waals surface area contributed by atoms with Crippen molar-refractivity contribution in [2.24, 2.45) is 39.9 Å². The quantitative estimate of drug-likeness (QED) is 0.0208. The average Bonchev–Trinajstić information content (AvgIpc) is 1.57. The van der Waals surface area contributed by atoms with E-state index in [0.717, 1.165) is 123 Å². The van der Waals surface area contributed by atoms with Gasteiger partial charge in [-0.15, -0.1) is 0 Å². The van der Waals surface area contributed by atoms with Crippen LogP contribution in [0.25, 0.3) is 54.8 Å². The normalized spacial score (nSPS) is 20.5. The predicted molar refractivity (Wildman–Crippen MR) is 566 cm³/mol. The second-order valence-corrected chi connectivity index (χ2v) is 41.7. The zero-order valence-electron chi connectivity index (χ0n) is 86.6. The second kappa shape index (κ2) is 51.7. The molecule has 0 radical (unpaired) electrons. The Kier molecular flexibility index (Phi) is 40.7. The topological polar surface area (TPSA) is 304 Å². The van der Waals surface area contributed by atoms with E-state index >= 15 is 0 Å². The van der Waals surface area contributed by atoms with Gasteiger partial charge in [0.2, 0.25) is 0 Å². The summed E-state index contributed by atoms with van der Waals surface area (Å²) in [5.41, 5.74) is 12.9. The van der Waals surface area contributed by atoms with Crippen LogP contribution in [0.2, 0.25) is 0 Å². The number of ether oxygens (including phenoxy) is 6. The van der Waals surface area contributed by atoms with Gasteiger partial charge in [-0.1, -0.05) is 122 Å². The zero-order chi connectivity index (χ0) is 103. The predicted octanol–water partition coefficient (Wildman–Crippen LogP) is 27.5. The summed E-state index contributed by atoms with van der Waals surface area (Å²) in [6, 6.07) is 43.4. The van der Waals surface area contributed by atoms with Crippen LogP contribution in [0, 0.1) is 39.9 Å². The van der Waals surface area contributed by atoms with Crippen molar-refractivity contribution in [2.75, 3.05) is 33.0 Å². The molecule has 4 fully saturated rings. The van der Waals surface area contributed by atoms with Gasteiger partial charge in [-0.3, -0.25) is 4.79 Å². The zero-order valence-corrected chi connectivity index (χ0v) is 86.6. The summed E-state index contributed by atoms with van der Waals surface area (Å²) in [5, 5.41) is 43.6. The fourth-order valence-corrected chi connectivity index (χ4v) is 19.5. The number of aliphatic hydroxyl groups is 3. The van der Waals surface area contributed by atoms with Gasteiger partial charge in [-0.2, -0.15) is 0 Å². The number of hydrogen-bond donors (Lipinski definition) is 4. The SMILES string of the molecule is C/C(=C\COc1ccc2ccc(=O)oc2c1)CC/C=C(\C)CCC(O)C(C)(C)O.C/C(=C\COc1ccc2ccc(=O)oc2c1)CCC1C2(C)CCC(O2)C1(C)C.C=C1CCC(O)C(C)(C)C1CC/C(C)=C/COc1ccc2ccc(=O)oc2c1.CC(C)=C1CCC(C)C(C)(COc2ccc3ccc(=O)oc3c2)C1CCC(=O)O.CC(C)=CCC/C(C)=C/CC/C(C)=C/COc1ccc2ccc(=O)oc2c1. The number of carbonyl (C=O) groups is 1. The monoisotopic (exact) mass is 1930 g/mol. The summed E-state index contributed by atoms with van der Waals surface area (Å²) in [6.45, 7) is 47.0. The maximum Gasteiger partial charge on any atom is 0.336 e. The van der Waals surface area contributed by atoms with Gasteiger partial charge in [-0.25, -0.2) is 24.0 Å². The second-order valence-electron chi connectivity index (χ2n) is 41.7. The third-order valence-electron chi connectivity index (χ3n) is 28.9. The smallest absolute Gasteiger partial charge is 0.336 e. The van der Waals surface area contributed by atoms with Gasteiger partial charge >= 0.3 is 34.1 Å². The van der Waals surface area contributed by atoms with Crippen molar-refractivity contribution < 1.29 is 75.7 Å². The van der Waals surface area contributed by atoms with Gasteiger partial charge in [0.25, 0.3) is 0 Å². The van der Waals surface area contributed by atoms with Crippen LogP contribution in [0.15, 0.2) is 303 Å². The Hall–Kier alpha value is -11.9. The van der Waals surface area contributed by atoms with Crippen LogP contribution in [0.1, 0.15) is 260 Å². The molecule has 4 aliphatic rings. The van der Waals surface area contributed by atoms with Crippen molar-refractivity contribution in [2.45, 2.75) is 289 Å². The van der Waals surface area contributed by atoms with Crippen molar-refractivity contribution in [1.82, 2.24) is 0 Å². The summed E-state index contributed by atoms with van der Waals surface area (Å²) in [6.07, 6.45) is 33.3. The molecule has 10 aromatic rings. The van der Waals surface area contributed by atoms with Crippen molar-refractivity contribution >= 4 is 60.8 Å². The van der Waals surface area contributed by atoms with Crippen LogP contribution in [-0.2, 0) is 9.53 Å². The minimum atomic E-state index is -1.06. The third-order valence-corrected chi connectivity index (χ3v) is 28.9. The van der Waals surface area contributed by atoms with Gasteiger partial charge in [-0.05, 0) is 362 Å². The lowest BCUT2D eigenvalue weighted by Crippen LogP contribution is -2.44. The number of aliphatic carboxylic acids is 1. The maximum atomic E-state index is 11.5. The molecule has 7 heterocycles.